The second-order valence-corrected chi connectivity index (χ2v) is 8.05. The first kappa shape index (κ1) is 23.8. The molecule has 1 unspecified atom stereocenters. The topological polar surface area (TPSA) is 67.9 Å². The molecule has 2 amide bonds. The van der Waals surface area contributed by atoms with E-state index >= 15 is 0 Å². The summed E-state index contributed by atoms with van der Waals surface area (Å²) in [6.07, 6.45) is 2.87. The van der Waals surface area contributed by atoms with E-state index in [9.17, 15) is 9.59 Å². The van der Waals surface area contributed by atoms with E-state index in [4.69, 9.17) is 9.47 Å². The maximum absolute atomic E-state index is 13.0. The van der Waals surface area contributed by atoms with Crippen molar-refractivity contribution in [3.63, 3.8) is 0 Å². The number of hydrogen-bond donors (Lipinski definition) is 1. The van der Waals surface area contributed by atoms with Crippen LogP contribution in [0.2, 0.25) is 0 Å². The Labute approximate surface area is 190 Å². The summed E-state index contributed by atoms with van der Waals surface area (Å²) in [6.45, 7) is 5.48. The van der Waals surface area contributed by atoms with E-state index < -0.39 is 6.10 Å². The Bertz CT molecular complexity index is 867. The summed E-state index contributed by atoms with van der Waals surface area (Å²) < 4.78 is 11.6. The first-order valence-corrected chi connectivity index (χ1v) is 11.6. The number of ether oxygens (including phenoxy) is 2. The summed E-state index contributed by atoms with van der Waals surface area (Å²) in [6, 6.07) is 17.7. The normalized spacial score (nSPS) is 15.2. The molecule has 172 valence electrons. The molecule has 1 atom stereocenters. The van der Waals surface area contributed by atoms with E-state index in [2.05, 4.69) is 17.4 Å². The van der Waals surface area contributed by atoms with Crippen molar-refractivity contribution in [2.75, 3.05) is 24.7 Å². The van der Waals surface area contributed by atoms with Crippen LogP contribution in [0.1, 0.15) is 45.1 Å². The molecule has 0 saturated heterocycles. The van der Waals surface area contributed by atoms with Gasteiger partial charge >= 0.3 is 0 Å². The van der Waals surface area contributed by atoms with Crippen LogP contribution in [0.15, 0.2) is 54.6 Å². The van der Waals surface area contributed by atoms with E-state index in [1.807, 2.05) is 50.2 Å². The third-order valence-electron chi connectivity index (χ3n) is 5.76. The van der Waals surface area contributed by atoms with Gasteiger partial charge in [0.15, 0.2) is 6.10 Å². The molecule has 0 aromatic heterocycles. The van der Waals surface area contributed by atoms with E-state index in [-0.39, 0.29) is 24.4 Å². The minimum absolute atomic E-state index is 0.0206. The van der Waals surface area contributed by atoms with Gasteiger partial charge in [0.25, 0.3) is 5.91 Å². The van der Waals surface area contributed by atoms with Crippen LogP contribution in [0, 0.1) is 0 Å². The molecule has 2 aromatic rings. The highest BCUT2D eigenvalue weighted by atomic mass is 16.5. The number of benzene rings is 2. The lowest BCUT2D eigenvalue weighted by Crippen LogP contribution is -2.52. The van der Waals surface area contributed by atoms with Crippen molar-refractivity contribution in [3.8, 4) is 5.75 Å². The van der Waals surface area contributed by atoms with Crippen LogP contribution in [-0.2, 0) is 20.7 Å². The van der Waals surface area contributed by atoms with E-state index in [1.54, 1.807) is 11.0 Å². The van der Waals surface area contributed by atoms with Crippen LogP contribution in [-0.4, -0.2) is 43.7 Å². The average Bonchev–Trinajstić information content (AvgIpc) is 2.84. The second kappa shape index (κ2) is 12.2. The van der Waals surface area contributed by atoms with E-state index in [1.165, 1.54) is 5.56 Å². The van der Waals surface area contributed by atoms with Crippen molar-refractivity contribution in [2.24, 2.45) is 0 Å². The van der Waals surface area contributed by atoms with Gasteiger partial charge < -0.3 is 19.7 Å². The Kier molecular flexibility index (Phi) is 9.11. The van der Waals surface area contributed by atoms with Crippen LogP contribution in [0.25, 0.3) is 0 Å². The van der Waals surface area contributed by atoms with Crippen LogP contribution in [0.3, 0.4) is 0 Å². The minimum atomic E-state index is -0.712. The Morgan fingerprint density at radius 1 is 1.06 bits per heavy atom. The van der Waals surface area contributed by atoms with Crippen LogP contribution < -0.4 is 15.0 Å². The number of carbonyl (C=O) groups is 2. The van der Waals surface area contributed by atoms with Crippen molar-refractivity contribution in [2.45, 2.75) is 58.1 Å². The largest absolute Gasteiger partial charge is 0.477 e. The predicted molar refractivity (Wildman–Crippen MR) is 126 cm³/mol. The zero-order valence-electron chi connectivity index (χ0n) is 19.1. The molecule has 2 aromatic carbocycles. The highest BCUT2D eigenvalue weighted by Crippen LogP contribution is 2.33. The summed E-state index contributed by atoms with van der Waals surface area (Å²) in [4.78, 5) is 27.4. The maximum atomic E-state index is 13.0. The smallest absolute Gasteiger partial charge is 0.263 e. The van der Waals surface area contributed by atoms with Gasteiger partial charge in [-0.3, -0.25) is 9.59 Å². The fourth-order valence-electron chi connectivity index (χ4n) is 3.79. The Morgan fingerprint density at radius 2 is 1.78 bits per heavy atom. The lowest BCUT2D eigenvalue weighted by molar-refractivity contribution is -0.129. The Morgan fingerprint density at radius 3 is 2.53 bits per heavy atom. The number of amides is 2. The van der Waals surface area contributed by atoms with Crippen molar-refractivity contribution in [1.82, 2.24) is 5.32 Å². The third-order valence-corrected chi connectivity index (χ3v) is 5.76. The number of nitrogens with one attached hydrogen (secondary N) is 1. The van der Waals surface area contributed by atoms with Crippen molar-refractivity contribution >= 4 is 17.5 Å². The number of anilines is 1. The number of fused-ring (bicyclic) bond motifs is 1. The monoisotopic (exact) mass is 438 g/mol. The molecule has 6 nitrogen and oxygen atoms in total. The molecule has 1 heterocycles. The zero-order chi connectivity index (χ0) is 22.8. The van der Waals surface area contributed by atoms with Crippen LogP contribution in [0.4, 0.5) is 5.69 Å². The third kappa shape index (κ3) is 6.57. The molecule has 0 spiro atoms. The fraction of sp³-hybridized carbons (Fsp3) is 0.462. The quantitative estimate of drug-likeness (QED) is 0.536. The number of carbonyl (C=O) groups excluding carboxylic acids is 2. The van der Waals surface area contributed by atoms with Gasteiger partial charge in [0, 0.05) is 19.1 Å². The molecule has 1 aliphatic heterocycles. The molecular weight excluding hydrogens is 404 g/mol. The summed E-state index contributed by atoms with van der Waals surface area (Å²) >= 11 is 0. The molecule has 0 fully saturated rings. The SMILES string of the molecule is CCC(CC)NC(=O)C1CN(C(=O)CCCOCCc2ccccc2)c2ccccc2O1. The minimum Gasteiger partial charge on any atom is -0.477 e. The summed E-state index contributed by atoms with van der Waals surface area (Å²) in [5.41, 5.74) is 1.96. The van der Waals surface area contributed by atoms with Gasteiger partial charge in [-0.15, -0.1) is 0 Å². The second-order valence-electron chi connectivity index (χ2n) is 8.05. The molecular formula is C26H34N2O4. The molecule has 0 bridgehead atoms. The summed E-state index contributed by atoms with van der Waals surface area (Å²) in [5.74, 6) is 0.374. The van der Waals surface area contributed by atoms with Crippen LogP contribution in [0.5, 0.6) is 5.75 Å². The van der Waals surface area contributed by atoms with Gasteiger partial charge in [0.05, 0.1) is 18.8 Å². The van der Waals surface area contributed by atoms with E-state index in [0.717, 1.165) is 19.3 Å². The summed E-state index contributed by atoms with van der Waals surface area (Å²) in [7, 11) is 0. The summed E-state index contributed by atoms with van der Waals surface area (Å²) in [5, 5.41) is 3.03. The van der Waals surface area contributed by atoms with Gasteiger partial charge in [-0.2, -0.15) is 0 Å². The number of nitrogens with zero attached hydrogens (tertiary/aromatic N) is 1. The van der Waals surface area contributed by atoms with Crippen LogP contribution >= 0.6 is 0 Å². The predicted octanol–water partition coefficient (Wildman–Crippen LogP) is 4.12. The van der Waals surface area contributed by atoms with Gasteiger partial charge in [-0.05, 0) is 43.4 Å². The molecule has 1 aliphatic rings. The molecule has 0 aliphatic carbocycles. The highest BCUT2D eigenvalue weighted by Gasteiger charge is 2.33. The molecule has 0 radical (unpaired) electrons. The lowest BCUT2D eigenvalue weighted by Gasteiger charge is -2.34. The standard InChI is InChI=1S/C26H34N2O4/c1-3-21(4-2)27-26(30)24-19-28(22-13-8-9-14-23(22)32-24)25(29)15-10-17-31-18-16-20-11-6-5-7-12-20/h5-9,11-14,21,24H,3-4,10,15-19H2,1-2H3,(H,27,30). The molecule has 6 heteroatoms. The fourth-order valence-corrected chi connectivity index (χ4v) is 3.79. The molecule has 3 rings (SSSR count). The van der Waals surface area contributed by atoms with Gasteiger partial charge in [-0.1, -0.05) is 56.3 Å². The first-order chi connectivity index (χ1) is 15.6. The highest BCUT2D eigenvalue weighted by molar-refractivity contribution is 5.97. The number of hydrogen-bond acceptors (Lipinski definition) is 4. The average molecular weight is 439 g/mol. The van der Waals surface area contributed by atoms with E-state index in [0.29, 0.717) is 37.5 Å². The zero-order valence-corrected chi connectivity index (χ0v) is 19.1. The molecule has 1 N–H and O–H groups in total. The number of rotatable bonds is 11. The first-order valence-electron chi connectivity index (χ1n) is 11.6. The van der Waals surface area contributed by atoms with Crippen molar-refractivity contribution in [3.05, 3.63) is 60.2 Å². The Balaban J connectivity index is 1.51. The Hall–Kier alpha value is -2.86. The van der Waals surface area contributed by atoms with Gasteiger partial charge in [-0.25, -0.2) is 0 Å². The van der Waals surface area contributed by atoms with Gasteiger partial charge in [0.2, 0.25) is 5.91 Å². The maximum Gasteiger partial charge on any atom is 0.263 e. The van der Waals surface area contributed by atoms with Crippen molar-refractivity contribution in [1.29, 1.82) is 0 Å². The molecule has 0 saturated carbocycles. The van der Waals surface area contributed by atoms with Crippen molar-refractivity contribution < 1.29 is 19.1 Å². The lowest BCUT2D eigenvalue weighted by atomic mass is 10.1. The van der Waals surface area contributed by atoms with Gasteiger partial charge in [0.1, 0.15) is 5.75 Å². The number of para-hydroxylation sites is 2. The molecule has 32 heavy (non-hydrogen) atoms.